The number of nitrogens with zero attached hydrogens (tertiary/aromatic N) is 2. The number of benzene rings is 1. The third kappa shape index (κ3) is 2.77. The quantitative estimate of drug-likeness (QED) is 0.796. The number of ether oxygens (including phenoxy) is 2. The van der Waals surface area contributed by atoms with Crippen LogP contribution in [-0.4, -0.2) is 17.1 Å². The first-order valence-electron chi connectivity index (χ1n) is 4.79. The first-order valence-corrected chi connectivity index (χ1v) is 5.92. The Kier molecular flexibility index (Phi) is 4.11. The van der Waals surface area contributed by atoms with E-state index in [4.69, 9.17) is 44.3 Å². The average Bonchev–Trinajstić information content (AvgIpc) is 2.36. The monoisotopic (exact) mass is 304 g/mol. The van der Waals surface area contributed by atoms with Crippen molar-refractivity contribution in [2.24, 2.45) is 0 Å². The lowest BCUT2D eigenvalue weighted by molar-refractivity contribution is 0.409. The molecular weight excluding hydrogens is 298 g/mol. The number of aromatic nitrogens is 2. The molecule has 0 unspecified atom stereocenters. The molecule has 4 nitrogen and oxygen atoms in total. The Hall–Kier alpha value is -1.23. The van der Waals surface area contributed by atoms with Crippen LogP contribution in [0.4, 0.5) is 0 Å². The molecule has 0 aliphatic heterocycles. The van der Waals surface area contributed by atoms with E-state index in [0.29, 0.717) is 16.5 Å². The average molecular weight is 306 g/mol. The summed E-state index contributed by atoms with van der Waals surface area (Å²) in [4.78, 5) is 7.56. The Morgan fingerprint density at radius 3 is 2.33 bits per heavy atom. The van der Waals surface area contributed by atoms with Gasteiger partial charge >= 0.3 is 0 Å². The van der Waals surface area contributed by atoms with Gasteiger partial charge in [-0.2, -0.15) is 0 Å². The molecule has 0 spiro atoms. The van der Waals surface area contributed by atoms with Crippen molar-refractivity contribution in [3.63, 3.8) is 0 Å². The molecule has 94 valence electrons. The SMILES string of the molecule is COc1ccc(Cl)c(Oc2c(Cl)ncnc2Cl)c1. The van der Waals surface area contributed by atoms with Crippen LogP contribution in [0.2, 0.25) is 15.3 Å². The zero-order valence-corrected chi connectivity index (χ0v) is 11.4. The van der Waals surface area contributed by atoms with Gasteiger partial charge in [0.25, 0.3) is 0 Å². The third-order valence-corrected chi connectivity index (χ3v) is 2.92. The number of hydrogen-bond acceptors (Lipinski definition) is 4. The van der Waals surface area contributed by atoms with Crippen LogP contribution in [0, 0.1) is 0 Å². The van der Waals surface area contributed by atoms with Crippen molar-refractivity contribution in [2.45, 2.75) is 0 Å². The van der Waals surface area contributed by atoms with Gasteiger partial charge in [-0.05, 0) is 12.1 Å². The Morgan fingerprint density at radius 2 is 1.72 bits per heavy atom. The van der Waals surface area contributed by atoms with Gasteiger partial charge in [0, 0.05) is 6.07 Å². The molecule has 0 aliphatic rings. The van der Waals surface area contributed by atoms with Crippen molar-refractivity contribution in [3.8, 4) is 17.2 Å². The largest absolute Gasteiger partial charge is 0.497 e. The molecule has 0 amide bonds. The second kappa shape index (κ2) is 5.61. The Balaban J connectivity index is 2.39. The van der Waals surface area contributed by atoms with Gasteiger partial charge in [0.2, 0.25) is 5.75 Å². The van der Waals surface area contributed by atoms with Crippen LogP contribution in [0.25, 0.3) is 0 Å². The van der Waals surface area contributed by atoms with Crippen molar-refractivity contribution in [2.75, 3.05) is 7.11 Å². The molecule has 2 aromatic rings. The first-order chi connectivity index (χ1) is 8.61. The fraction of sp³-hybridized carbons (Fsp3) is 0.0909. The molecule has 18 heavy (non-hydrogen) atoms. The summed E-state index contributed by atoms with van der Waals surface area (Å²) in [6.07, 6.45) is 1.24. The molecule has 1 aromatic heterocycles. The van der Waals surface area contributed by atoms with Crippen LogP contribution in [0.1, 0.15) is 0 Å². The first kappa shape index (κ1) is 13.2. The molecule has 1 aromatic carbocycles. The zero-order valence-electron chi connectivity index (χ0n) is 9.15. The highest BCUT2D eigenvalue weighted by molar-refractivity contribution is 6.35. The zero-order chi connectivity index (χ0) is 13.1. The summed E-state index contributed by atoms with van der Waals surface area (Å²) in [7, 11) is 1.54. The highest BCUT2D eigenvalue weighted by atomic mass is 35.5. The van der Waals surface area contributed by atoms with Crippen LogP contribution in [-0.2, 0) is 0 Å². The van der Waals surface area contributed by atoms with E-state index in [1.54, 1.807) is 25.3 Å². The molecule has 0 saturated carbocycles. The fourth-order valence-electron chi connectivity index (χ4n) is 1.22. The number of rotatable bonds is 3. The fourth-order valence-corrected chi connectivity index (χ4v) is 1.76. The third-order valence-electron chi connectivity index (χ3n) is 2.07. The van der Waals surface area contributed by atoms with Gasteiger partial charge in [-0.25, -0.2) is 9.97 Å². The van der Waals surface area contributed by atoms with E-state index in [2.05, 4.69) is 9.97 Å². The highest BCUT2D eigenvalue weighted by Gasteiger charge is 2.13. The summed E-state index contributed by atoms with van der Waals surface area (Å²) in [5.41, 5.74) is 0. The van der Waals surface area contributed by atoms with E-state index in [1.807, 2.05) is 0 Å². The Labute approximate surface area is 118 Å². The van der Waals surface area contributed by atoms with Crippen molar-refractivity contribution >= 4 is 34.8 Å². The van der Waals surface area contributed by atoms with Gasteiger partial charge in [0.05, 0.1) is 12.1 Å². The van der Waals surface area contributed by atoms with Crippen molar-refractivity contribution in [3.05, 3.63) is 39.9 Å². The van der Waals surface area contributed by atoms with E-state index >= 15 is 0 Å². The summed E-state index contributed by atoms with van der Waals surface area (Å²) in [6, 6.07) is 4.96. The van der Waals surface area contributed by atoms with Gasteiger partial charge in [-0.1, -0.05) is 34.8 Å². The maximum absolute atomic E-state index is 6.00. The predicted molar refractivity (Wildman–Crippen MR) is 70.1 cm³/mol. The van der Waals surface area contributed by atoms with Gasteiger partial charge in [0.15, 0.2) is 10.3 Å². The van der Waals surface area contributed by atoms with Crippen molar-refractivity contribution in [1.82, 2.24) is 9.97 Å². The van der Waals surface area contributed by atoms with E-state index in [9.17, 15) is 0 Å². The maximum atomic E-state index is 6.00. The van der Waals surface area contributed by atoms with Crippen LogP contribution in [0.3, 0.4) is 0 Å². The van der Waals surface area contributed by atoms with Gasteiger partial charge in [-0.15, -0.1) is 0 Å². The lowest BCUT2D eigenvalue weighted by Gasteiger charge is -2.10. The van der Waals surface area contributed by atoms with Gasteiger partial charge in [0.1, 0.15) is 17.8 Å². The molecule has 0 radical (unpaired) electrons. The molecule has 7 heteroatoms. The summed E-state index contributed by atoms with van der Waals surface area (Å²) >= 11 is 17.7. The summed E-state index contributed by atoms with van der Waals surface area (Å²) in [6.45, 7) is 0. The maximum Gasteiger partial charge on any atom is 0.202 e. The van der Waals surface area contributed by atoms with Crippen molar-refractivity contribution < 1.29 is 9.47 Å². The molecular formula is C11H7Cl3N2O2. The van der Waals surface area contributed by atoms with Gasteiger partial charge < -0.3 is 9.47 Å². The van der Waals surface area contributed by atoms with Gasteiger partial charge in [-0.3, -0.25) is 0 Å². The minimum Gasteiger partial charge on any atom is -0.497 e. The van der Waals surface area contributed by atoms with E-state index in [0.717, 1.165) is 0 Å². The topological polar surface area (TPSA) is 44.2 Å². The minimum atomic E-state index is 0.105. The second-order valence-corrected chi connectivity index (χ2v) is 4.31. The molecule has 0 N–H and O–H groups in total. The smallest absolute Gasteiger partial charge is 0.202 e. The summed E-state index contributed by atoms with van der Waals surface area (Å²) in [5, 5.41) is 0.606. The Morgan fingerprint density at radius 1 is 1.06 bits per heavy atom. The molecule has 0 atom stereocenters. The molecule has 0 saturated heterocycles. The van der Waals surface area contributed by atoms with E-state index < -0.39 is 0 Å². The van der Waals surface area contributed by atoms with Crippen LogP contribution < -0.4 is 9.47 Å². The molecule has 2 rings (SSSR count). The van der Waals surface area contributed by atoms with Crippen LogP contribution in [0.5, 0.6) is 17.2 Å². The summed E-state index contributed by atoms with van der Waals surface area (Å²) in [5.74, 6) is 1.10. The molecule has 0 fully saturated rings. The number of hydrogen-bond donors (Lipinski definition) is 0. The highest BCUT2D eigenvalue weighted by Crippen LogP contribution is 2.37. The number of halogens is 3. The molecule has 1 heterocycles. The lowest BCUT2D eigenvalue weighted by atomic mass is 10.3. The predicted octanol–water partition coefficient (Wildman–Crippen LogP) is 4.24. The molecule has 0 aliphatic carbocycles. The van der Waals surface area contributed by atoms with E-state index in [1.165, 1.54) is 6.33 Å². The summed E-state index contributed by atoms with van der Waals surface area (Å²) < 4.78 is 10.6. The molecule has 0 bridgehead atoms. The van der Waals surface area contributed by atoms with E-state index in [-0.39, 0.29) is 16.1 Å². The van der Waals surface area contributed by atoms with Crippen LogP contribution >= 0.6 is 34.8 Å². The second-order valence-electron chi connectivity index (χ2n) is 3.18. The Bertz CT molecular complexity index is 558. The minimum absolute atomic E-state index is 0.105. The van der Waals surface area contributed by atoms with Crippen molar-refractivity contribution in [1.29, 1.82) is 0 Å². The normalized spacial score (nSPS) is 10.2. The van der Waals surface area contributed by atoms with Crippen LogP contribution in [0.15, 0.2) is 24.5 Å². The lowest BCUT2D eigenvalue weighted by Crippen LogP contribution is -1.92. The standard InChI is InChI=1S/C11H7Cl3N2O2/c1-17-6-2-3-7(12)8(4-6)18-9-10(13)15-5-16-11(9)14/h2-5H,1H3. The number of methoxy groups -OCH3 is 1.